The van der Waals surface area contributed by atoms with E-state index in [1.165, 1.54) is 11.1 Å². The number of aromatic nitrogens is 2. The Balaban J connectivity index is 1.91. The Morgan fingerprint density at radius 1 is 1.19 bits per heavy atom. The highest BCUT2D eigenvalue weighted by atomic mass is 15.2. The number of benzene rings is 1. The van der Waals surface area contributed by atoms with Crippen molar-refractivity contribution >= 4 is 16.9 Å². The van der Waals surface area contributed by atoms with E-state index in [0.717, 1.165) is 36.5 Å². The van der Waals surface area contributed by atoms with Crippen molar-refractivity contribution in [2.24, 2.45) is 5.92 Å². The second kappa shape index (κ2) is 5.60. The third-order valence-electron chi connectivity index (χ3n) is 4.48. The first-order chi connectivity index (χ1) is 10.0. The van der Waals surface area contributed by atoms with Crippen LogP contribution in [0.5, 0.6) is 0 Å². The number of nitrogens with zero attached hydrogens (tertiary/aromatic N) is 3. The molecule has 1 aromatic carbocycles. The van der Waals surface area contributed by atoms with E-state index in [4.69, 9.17) is 4.98 Å². The summed E-state index contributed by atoms with van der Waals surface area (Å²) in [5, 5.41) is 3.58. The standard InChI is InChI=1S/C17H24N4/c1-11(2)16-10-21(6-5-18-16)17-9-19-14-7-12(3)13(4)8-15(14)20-17/h7-9,11,16,18H,5-6,10H2,1-4H3. The summed E-state index contributed by atoms with van der Waals surface area (Å²) in [6.45, 7) is 11.8. The normalized spacial score (nSPS) is 19.5. The lowest BCUT2D eigenvalue weighted by atomic mass is 10.0. The van der Waals surface area contributed by atoms with Gasteiger partial charge >= 0.3 is 0 Å². The summed E-state index contributed by atoms with van der Waals surface area (Å²) in [7, 11) is 0. The molecule has 4 heteroatoms. The van der Waals surface area contributed by atoms with Gasteiger partial charge in [0.25, 0.3) is 0 Å². The Labute approximate surface area is 126 Å². The molecule has 112 valence electrons. The molecule has 1 aliphatic rings. The predicted octanol–water partition coefficient (Wildman–Crippen LogP) is 2.68. The van der Waals surface area contributed by atoms with E-state index in [-0.39, 0.29) is 0 Å². The van der Waals surface area contributed by atoms with Crippen LogP contribution in [0.3, 0.4) is 0 Å². The van der Waals surface area contributed by atoms with E-state index in [2.05, 4.69) is 55.0 Å². The van der Waals surface area contributed by atoms with E-state index in [9.17, 15) is 0 Å². The van der Waals surface area contributed by atoms with Crippen LogP contribution in [0.25, 0.3) is 11.0 Å². The van der Waals surface area contributed by atoms with E-state index in [0.29, 0.717) is 12.0 Å². The second-order valence-corrected chi connectivity index (χ2v) is 6.40. The van der Waals surface area contributed by atoms with Crippen molar-refractivity contribution in [2.75, 3.05) is 24.5 Å². The van der Waals surface area contributed by atoms with Crippen LogP contribution < -0.4 is 10.2 Å². The topological polar surface area (TPSA) is 41.1 Å². The molecule has 1 fully saturated rings. The number of hydrogen-bond donors (Lipinski definition) is 1. The van der Waals surface area contributed by atoms with Gasteiger partial charge in [0.1, 0.15) is 5.82 Å². The third kappa shape index (κ3) is 2.86. The van der Waals surface area contributed by atoms with Crippen LogP contribution in [0, 0.1) is 19.8 Å². The van der Waals surface area contributed by atoms with Crippen molar-refractivity contribution in [1.29, 1.82) is 0 Å². The van der Waals surface area contributed by atoms with Crippen molar-refractivity contribution in [1.82, 2.24) is 15.3 Å². The molecule has 0 radical (unpaired) electrons. The van der Waals surface area contributed by atoms with Gasteiger partial charge in [0.15, 0.2) is 0 Å². The summed E-state index contributed by atoms with van der Waals surface area (Å²) < 4.78 is 0. The quantitative estimate of drug-likeness (QED) is 0.920. The molecule has 0 spiro atoms. The predicted molar refractivity (Wildman–Crippen MR) is 87.9 cm³/mol. The number of piperazine rings is 1. The minimum absolute atomic E-state index is 0.524. The molecule has 0 aliphatic carbocycles. The van der Waals surface area contributed by atoms with Gasteiger partial charge < -0.3 is 10.2 Å². The van der Waals surface area contributed by atoms with Crippen LogP contribution in [-0.2, 0) is 0 Å². The first kappa shape index (κ1) is 14.3. The Hall–Kier alpha value is -1.68. The van der Waals surface area contributed by atoms with Crippen LogP contribution in [-0.4, -0.2) is 35.6 Å². The van der Waals surface area contributed by atoms with E-state index in [1.807, 2.05) is 6.20 Å². The summed E-state index contributed by atoms with van der Waals surface area (Å²) >= 11 is 0. The monoisotopic (exact) mass is 284 g/mol. The minimum atomic E-state index is 0.524. The molecule has 2 aromatic rings. The molecule has 1 aliphatic heterocycles. The zero-order valence-corrected chi connectivity index (χ0v) is 13.3. The number of hydrogen-bond acceptors (Lipinski definition) is 4. The van der Waals surface area contributed by atoms with Gasteiger partial charge in [0.2, 0.25) is 0 Å². The SMILES string of the molecule is Cc1cc2ncc(N3CCNC(C(C)C)C3)nc2cc1C. The summed E-state index contributed by atoms with van der Waals surface area (Å²) in [4.78, 5) is 11.8. The number of fused-ring (bicyclic) bond motifs is 1. The first-order valence-corrected chi connectivity index (χ1v) is 7.77. The molecule has 1 saturated heterocycles. The van der Waals surface area contributed by atoms with Gasteiger partial charge in [0.05, 0.1) is 17.2 Å². The molecule has 1 aromatic heterocycles. The highest BCUT2D eigenvalue weighted by molar-refractivity contribution is 5.77. The summed E-state index contributed by atoms with van der Waals surface area (Å²) in [5.41, 5.74) is 4.52. The van der Waals surface area contributed by atoms with Gasteiger partial charge in [-0.2, -0.15) is 0 Å². The first-order valence-electron chi connectivity index (χ1n) is 7.77. The highest BCUT2D eigenvalue weighted by Gasteiger charge is 2.22. The van der Waals surface area contributed by atoms with Crippen molar-refractivity contribution in [3.05, 3.63) is 29.5 Å². The lowest BCUT2D eigenvalue weighted by Gasteiger charge is -2.36. The Morgan fingerprint density at radius 3 is 2.62 bits per heavy atom. The second-order valence-electron chi connectivity index (χ2n) is 6.40. The van der Waals surface area contributed by atoms with E-state index < -0.39 is 0 Å². The molecule has 1 unspecified atom stereocenters. The van der Waals surface area contributed by atoms with Crippen LogP contribution >= 0.6 is 0 Å². The molecule has 4 nitrogen and oxygen atoms in total. The van der Waals surface area contributed by atoms with Crippen molar-refractivity contribution in [3.8, 4) is 0 Å². The molecule has 0 amide bonds. The smallest absolute Gasteiger partial charge is 0.147 e. The Bertz CT molecular complexity index is 651. The zero-order chi connectivity index (χ0) is 15.0. The molecule has 0 bridgehead atoms. The molecule has 21 heavy (non-hydrogen) atoms. The average molecular weight is 284 g/mol. The van der Waals surface area contributed by atoms with Gasteiger partial charge in [0, 0.05) is 25.7 Å². The lowest BCUT2D eigenvalue weighted by Crippen LogP contribution is -2.53. The third-order valence-corrected chi connectivity index (χ3v) is 4.48. The van der Waals surface area contributed by atoms with Crippen LogP contribution in [0.1, 0.15) is 25.0 Å². The Morgan fingerprint density at radius 2 is 1.90 bits per heavy atom. The van der Waals surface area contributed by atoms with Crippen molar-refractivity contribution in [3.63, 3.8) is 0 Å². The van der Waals surface area contributed by atoms with Crippen LogP contribution in [0.2, 0.25) is 0 Å². The molecular formula is C17H24N4. The average Bonchev–Trinajstić information content (AvgIpc) is 2.48. The molecular weight excluding hydrogens is 260 g/mol. The van der Waals surface area contributed by atoms with Crippen molar-refractivity contribution in [2.45, 2.75) is 33.7 Å². The summed E-state index contributed by atoms with van der Waals surface area (Å²) in [6, 6.07) is 4.79. The van der Waals surface area contributed by atoms with E-state index in [1.54, 1.807) is 0 Å². The van der Waals surface area contributed by atoms with Gasteiger partial charge in [-0.15, -0.1) is 0 Å². The molecule has 1 N–H and O–H groups in total. The molecule has 3 rings (SSSR count). The summed E-state index contributed by atoms with van der Waals surface area (Å²) in [6.07, 6.45) is 1.92. The largest absolute Gasteiger partial charge is 0.352 e. The Kier molecular flexibility index (Phi) is 3.81. The molecule has 1 atom stereocenters. The van der Waals surface area contributed by atoms with Gasteiger partial charge in [-0.05, 0) is 43.0 Å². The van der Waals surface area contributed by atoms with Gasteiger partial charge in [-0.25, -0.2) is 4.98 Å². The fourth-order valence-electron chi connectivity index (χ4n) is 2.84. The number of nitrogens with one attached hydrogen (secondary N) is 1. The summed E-state index contributed by atoms with van der Waals surface area (Å²) in [5.74, 6) is 1.63. The van der Waals surface area contributed by atoms with Gasteiger partial charge in [-0.1, -0.05) is 13.8 Å². The van der Waals surface area contributed by atoms with Gasteiger partial charge in [-0.3, -0.25) is 4.98 Å². The number of aryl methyl sites for hydroxylation is 2. The van der Waals surface area contributed by atoms with Crippen molar-refractivity contribution < 1.29 is 0 Å². The molecule has 2 heterocycles. The van der Waals surface area contributed by atoms with Crippen LogP contribution in [0.15, 0.2) is 18.3 Å². The molecule has 0 saturated carbocycles. The number of rotatable bonds is 2. The van der Waals surface area contributed by atoms with Crippen LogP contribution in [0.4, 0.5) is 5.82 Å². The zero-order valence-electron chi connectivity index (χ0n) is 13.3. The fourth-order valence-corrected chi connectivity index (χ4v) is 2.84. The minimum Gasteiger partial charge on any atom is -0.352 e. The van der Waals surface area contributed by atoms with E-state index >= 15 is 0 Å². The highest BCUT2D eigenvalue weighted by Crippen LogP contribution is 2.21. The lowest BCUT2D eigenvalue weighted by molar-refractivity contribution is 0.367. The fraction of sp³-hybridized carbons (Fsp3) is 0.529. The maximum absolute atomic E-state index is 4.83. The maximum Gasteiger partial charge on any atom is 0.147 e. The number of anilines is 1. The maximum atomic E-state index is 4.83.